The Morgan fingerprint density at radius 1 is 0.600 bits per heavy atom. The van der Waals surface area contributed by atoms with Crippen LogP contribution in [0.2, 0.25) is 0 Å². The fourth-order valence-corrected chi connectivity index (χ4v) is 4.22. The van der Waals surface area contributed by atoms with Crippen LogP contribution in [0.1, 0.15) is 75.2 Å². The van der Waals surface area contributed by atoms with Crippen molar-refractivity contribution in [3.05, 3.63) is 0 Å². The number of piperidine rings is 1. The maximum Gasteiger partial charge on any atom is 0.0126 e. The molecule has 0 aromatic rings. The normalized spacial score (nSPS) is 20.1. The predicted octanol–water partition coefficient (Wildman–Crippen LogP) is 4.12. The van der Waals surface area contributed by atoms with Crippen molar-refractivity contribution in [2.75, 3.05) is 94.6 Å². The summed E-state index contributed by atoms with van der Waals surface area (Å²) in [6, 6.07) is 0.804. The molecule has 35 heavy (non-hydrogen) atoms. The standard InChI is InChI=1S/C11H24N2.C9H20N2.C9H22N2/c1-11(2,3)13-8-6-10(7-9-13)12(4)5;1-9(2,3)11-7-5-10(4)6-8-11;1-9(2,3)11(6)8-7-10(4)5/h10H,6-9H2,1-5H3;5-8H2,1-4H3;7-8H2,1-6H3. The lowest BCUT2D eigenvalue weighted by Crippen LogP contribution is -2.52. The molecule has 0 amide bonds. The lowest BCUT2D eigenvalue weighted by Gasteiger charge is -2.42. The van der Waals surface area contributed by atoms with Crippen molar-refractivity contribution in [3.8, 4) is 0 Å². The maximum absolute atomic E-state index is 2.59. The average Bonchev–Trinajstić information content (AvgIpc) is 2.71. The van der Waals surface area contributed by atoms with Crippen LogP contribution >= 0.6 is 0 Å². The molecule has 0 spiro atoms. The molecule has 212 valence electrons. The van der Waals surface area contributed by atoms with E-state index in [4.69, 9.17) is 0 Å². The first-order chi connectivity index (χ1) is 15.7. The highest BCUT2D eigenvalue weighted by Crippen LogP contribution is 2.21. The molecule has 0 unspecified atom stereocenters. The molecule has 2 rings (SSSR count). The molecule has 0 N–H and O–H groups in total. The second-order valence-electron chi connectivity index (χ2n) is 14.2. The summed E-state index contributed by atoms with van der Waals surface area (Å²) in [7, 11) is 13.0. The topological polar surface area (TPSA) is 19.4 Å². The fraction of sp³-hybridized carbons (Fsp3) is 1.00. The predicted molar refractivity (Wildman–Crippen MR) is 158 cm³/mol. The largest absolute Gasteiger partial charge is 0.308 e. The first-order valence-electron chi connectivity index (χ1n) is 14.0. The zero-order valence-electron chi connectivity index (χ0n) is 26.8. The van der Waals surface area contributed by atoms with E-state index in [1.807, 2.05) is 0 Å². The molecule has 2 fully saturated rings. The Bertz CT molecular complexity index is 525. The van der Waals surface area contributed by atoms with Gasteiger partial charge in [0.05, 0.1) is 0 Å². The molecule has 0 aromatic carbocycles. The maximum atomic E-state index is 2.59. The molecule has 0 aliphatic carbocycles. The van der Waals surface area contributed by atoms with Gasteiger partial charge < -0.3 is 19.6 Å². The Balaban J connectivity index is 0.000000498. The van der Waals surface area contributed by atoms with E-state index in [2.05, 4.69) is 134 Å². The highest BCUT2D eigenvalue weighted by atomic mass is 15.3. The number of likely N-dealkylation sites (N-methyl/N-ethyl adjacent to an activating group) is 3. The lowest BCUT2D eigenvalue weighted by atomic mass is 9.98. The minimum absolute atomic E-state index is 0.302. The van der Waals surface area contributed by atoms with E-state index in [0.29, 0.717) is 16.6 Å². The second kappa shape index (κ2) is 15.2. The summed E-state index contributed by atoms with van der Waals surface area (Å²) in [4.78, 5) is 14.5. The minimum Gasteiger partial charge on any atom is -0.308 e. The van der Waals surface area contributed by atoms with Crippen molar-refractivity contribution in [1.29, 1.82) is 0 Å². The fourth-order valence-electron chi connectivity index (χ4n) is 4.22. The van der Waals surface area contributed by atoms with E-state index < -0.39 is 0 Å². The number of nitrogens with zero attached hydrogens (tertiary/aromatic N) is 6. The van der Waals surface area contributed by atoms with Crippen LogP contribution in [0.5, 0.6) is 0 Å². The summed E-state index contributed by atoms with van der Waals surface area (Å²) in [5.74, 6) is 0. The number of hydrogen-bond donors (Lipinski definition) is 0. The van der Waals surface area contributed by atoms with Crippen molar-refractivity contribution in [2.45, 2.75) is 97.8 Å². The van der Waals surface area contributed by atoms with Gasteiger partial charge in [0.15, 0.2) is 0 Å². The van der Waals surface area contributed by atoms with E-state index in [-0.39, 0.29) is 0 Å². The van der Waals surface area contributed by atoms with E-state index >= 15 is 0 Å². The molecule has 0 saturated carbocycles. The Kier molecular flexibility index (Phi) is 15.1. The van der Waals surface area contributed by atoms with Crippen LogP contribution in [0.3, 0.4) is 0 Å². The van der Waals surface area contributed by atoms with Gasteiger partial charge >= 0.3 is 0 Å². The Morgan fingerprint density at radius 3 is 1.31 bits per heavy atom. The van der Waals surface area contributed by atoms with Crippen LogP contribution in [-0.4, -0.2) is 147 Å². The van der Waals surface area contributed by atoms with Crippen LogP contribution in [0.15, 0.2) is 0 Å². The number of likely N-dealkylation sites (tertiary alicyclic amines) is 1. The molecule has 6 heteroatoms. The zero-order valence-corrected chi connectivity index (χ0v) is 26.8. The van der Waals surface area contributed by atoms with Gasteiger partial charge in [-0.2, -0.15) is 0 Å². The van der Waals surface area contributed by atoms with E-state index in [1.54, 1.807) is 0 Å². The molecule has 6 nitrogen and oxygen atoms in total. The van der Waals surface area contributed by atoms with Gasteiger partial charge in [-0.25, -0.2) is 0 Å². The molecular weight excluding hydrogens is 432 g/mol. The van der Waals surface area contributed by atoms with Crippen LogP contribution in [0.25, 0.3) is 0 Å². The van der Waals surface area contributed by atoms with Crippen LogP contribution in [0.4, 0.5) is 0 Å². The Labute approximate surface area is 222 Å². The van der Waals surface area contributed by atoms with E-state index in [1.165, 1.54) is 52.1 Å². The summed E-state index contributed by atoms with van der Waals surface area (Å²) in [5.41, 5.74) is 1.02. The Hall–Kier alpha value is -0.240. The number of piperazine rings is 1. The molecule has 2 aliphatic heterocycles. The highest BCUT2D eigenvalue weighted by Gasteiger charge is 2.27. The third kappa shape index (κ3) is 15.6. The molecule has 2 heterocycles. The molecule has 0 bridgehead atoms. The third-order valence-electron chi connectivity index (χ3n) is 7.62. The summed E-state index contributed by atoms with van der Waals surface area (Å²) >= 11 is 0. The van der Waals surface area contributed by atoms with Gasteiger partial charge in [-0.05, 0) is 117 Å². The van der Waals surface area contributed by atoms with Gasteiger partial charge in [-0.1, -0.05) is 0 Å². The summed E-state index contributed by atoms with van der Waals surface area (Å²) < 4.78 is 0. The van der Waals surface area contributed by atoms with Crippen molar-refractivity contribution >= 4 is 0 Å². The summed E-state index contributed by atoms with van der Waals surface area (Å²) in [5, 5.41) is 0. The van der Waals surface area contributed by atoms with Gasteiger partial charge in [0.2, 0.25) is 0 Å². The summed E-state index contributed by atoms with van der Waals surface area (Å²) in [6.45, 7) is 30.2. The SMILES string of the molecule is CN(C)C1CCN(C(C)(C)C)CC1.CN(C)CCN(C)C(C)(C)C.CN1CCN(C(C)(C)C)CC1. The van der Waals surface area contributed by atoms with Gasteiger partial charge in [-0.15, -0.1) is 0 Å². The van der Waals surface area contributed by atoms with Crippen LogP contribution in [-0.2, 0) is 0 Å². The minimum atomic E-state index is 0.302. The Morgan fingerprint density at radius 2 is 1.00 bits per heavy atom. The van der Waals surface area contributed by atoms with Crippen molar-refractivity contribution in [3.63, 3.8) is 0 Å². The van der Waals surface area contributed by atoms with Gasteiger partial charge in [0.1, 0.15) is 0 Å². The third-order valence-corrected chi connectivity index (χ3v) is 7.62. The molecule has 0 aromatic heterocycles. The molecule has 2 aliphatic rings. The van der Waals surface area contributed by atoms with Gasteiger partial charge in [0, 0.05) is 75.0 Å². The number of rotatable bonds is 4. The highest BCUT2D eigenvalue weighted by molar-refractivity contribution is 4.84. The lowest BCUT2D eigenvalue weighted by molar-refractivity contribution is 0.0729. The molecule has 2 saturated heterocycles. The summed E-state index contributed by atoms with van der Waals surface area (Å²) in [6.07, 6.45) is 2.65. The van der Waals surface area contributed by atoms with E-state index in [9.17, 15) is 0 Å². The first-order valence-corrected chi connectivity index (χ1v) is 14.0. The van der Waals surface area contributed by atoms with Crippen molar-refractivity contribution in [2.24, 2.45) is 0 Å². The second-order valence-corrected chi connectivity index (χ2v) is 14.2. The molecular formula is C29H66N6. The van der Waals surface area contributed by atoms with Crippen LogP contribution in [0, 0.1) is 0 Å². The van der Waals surface area contributed by atoms with Crippen LogP contribution < -0.4 is 0 Å². The first kappa shape index (κ1) is 34.8. The molecule has 0 radical (unpaired) electrons. The zero-order chi connectivity index (χ0) is 27.6. The van der Waals surface area contributed by atoms with E-state index in [0.717, 1.165) is 19.1 Å². The number of hydrogen-bond acceptors (Lipinski definition) is 6. The van der Waals surface area contributed by atoms with Gasteiger partial charge in [0.25, 0.3) is 0 Å². The smallest absolute Gasteiger partial charge is 0.0126 e. The monoisotopic (exact) mass is 499 g/mol. The quantitative estimate of drug-likeness (QED) is 0.577. The van der Waals surface area contributed by atoms with Crippen molar-refractivity contribution < 1.29 is 0 Å². The van der Waals surface area contributed by atoms with Gasteiger partial charge in [-0.3, -0.25) is 9.80 Å². The average molecular weight is 499 g/mol. The van der Waals surface area contributed by atoms with Crippen molar-refractivity contribution in [1.82, 2.24) is 29.4 Å². The molecule has 0 atom stereocenters.